The van der Waals surface area contributed by atoms with E-state index in [2.05, 4.69) is 27.6 Å². The van der Waals surface area contributed by atoms with Gasteiger partial charge in [-0.15, -0.1) is 11.3 Å². The lowest BCUT2D eigenvalue weighted by molar-refractivity contribution is 0.0686. The Morgan fingerprint density at radius 3 is 3.07 bits per heavy atom. The highest BCUT2D eigenvalue weighted by Gasteiger charge is 2.11. The maximum absolute atomic E-state index is 10.9. The second-order valence-electron chi connectivity index (χ2n) is 2.94. The lowest BCUT2D eigenvalue weighted by atomic mass is 10.4. The van der Waals surface area contributed by atoms with E-state index in [1.54, 1.807) is 22.3 Å². The summed E-state index contributed by atoms with van der Waals surface area (Å²) in [5.41, 5.74) is 2.05. The van der Waals surface area contributed by atoms with Gasteiger partial charge in [0.05, 0.1) is 12.1 Å². The van der Waals surface area contributed by atoms with Gasteiger partial charge in [0.15, 0.2) is 0 Å². The normalized spacial score (nSPS) is 10.5. The first-order chi connectivity index (χ1) is 7.16. The number of carboxylic acids is 1. The number of aromatic carboxylic acids is 1. The van der Waals surface area contributed by atoms with Crippen LogP contribution in [0.2, 0.25) is 0 Å². The molecule has 0 saturated carbocycles. The molecule has 2 heterocycles. The summed E-state index contributed by atoms with van der Waals surface area (Å²) in [4.78, 5) is 15.9. The van der Waals surface area contributed by atoms with E-state index in [4.69, 9.17) is 5.11 Å². The summed E-state index contributed by atoms with van der Waals surface area (Å²) in [6.07, 6.45) is 3.58. The van der Waals surface area contributed by atoms with Crippen LogP contribution in [0.1, 0.15) is 15.4 Å². The lowest BCUT2D eigenvalue weighted by Crippen LogP contribution is -2.07. The summed E-state index contributed by atoms with van der Waals surface area (Å²) in [6, 6.07) is 1.66. The van der Waals surface area contributed by atoms with Gasteiger partial charge in [-0.2, -0.15) is 0 Å². The van der Waals surface area contributed by atoms with Crippen molar-refractivity contribution in [3.63, 3.8) is 0 Å². The second kappa shape index (κ2) is 4.31. The predicted molar refractivity (Wildman–Crippen MR) is 65.3 cm³/mol. The minimum atomic E-state index is -0.901. The smallest absolute Gasteiger partial charge is 0.352 e. The van der Waals surface area contributed by atoms with E-state index in [9.17, 15) is 4.79 Å². The van der Waals surface area contributed by atoms with E-state index in [0.29, 0.717) is 12.2 Å². The van der Waals surface area contributed by atoms with E-state index in [-0.39, 0.29) is 0 Å². The summed E-state index contributed by atoms with van der Waals surface area (Å²) in [5, 5.41) is 8.97. The van der Waals surface area contributed by atoms with Gasteiger partial charge in [-0.25, -0.2) is 4.79 Å². The zero-order valence-electron chi connectivity index (χ0n) is 7.55. The van der Waals surface area contributed by atoms with Crippen LogP contribution < -0.4 is 0 Å². The van der Waals surface area contributed by atoms with Gasteiger partial charge in [0, 0.05) is 20.8 Å². The molecule has 15 heavy (non-hydrogen) atoms. The average molecular weight is 334 g/mol. The first kappa shape index (κ1) is 10.6. The number of carboxylic acid groups (broad SMARTS) is 1. The number of carbonyl (C=O) groups is 1. The molecule has 2 aromatic heterocycles. The Morgan fingerprint density at radius 2 is 2.47 bits per heavy atom. The van der Waals surface area contributed by atoms with Gasteiger partial charge in [-0.3, -0.25) is 4.98 Å². The topological polar surface area (TPSA) is 55.1 Å². The molecule has 2 rings (SSSR count). The van der Waals surface area contributed by atoms with Crippen molar-refractivity contribution < 1.29 is 9.90 Å². The van der Waals surface area contributed by atoms with E-state index in [1.165, 1.54) is 11.3 Å². The molecule has 1 N–H and O–H groups in total. The van der Waals surface area contributed by atoms with Crippen LogP contribution in [0.5, 0.6) is 0 Å². The Bertz CT molecular complexity index is 478. The van der Waals surface area contributed by atoms with E-state index >= 15 is 0 Å². The first-order valence-electron chi connectivity index (χ1n) is 4.13. The Labute approximate surface area is 104 Å². The van der Waals surface area contributed by atoms with E-state index < -0.39 is 5.97 Å². The molecule has 0 aliphatic carbocycles. The molecule has 0 saturated heterocycles. The zero-order valence-corrected chi connectivity index (χ0v) is 10.5. The second-order valence-corrected chi connectivity index (χ2v) is 5.16. The molecule has 4 nitrogen and oxygen atoms in total. The van der Waals surface area contributed by atoms with E-state index in [0.717, 1.165) is 8.45 Å². The molecule has 0 unspecified atom stereocenters. The third-order valence-electron chi connectivity index (χ3n) is 1.89. The highest BCUT2D eigenvalue weighted by Crippen LogP contribution is 2.15. The highest BCUT2D eigenvalue weighted by molar-refractivity contribution is 14.1. The highest BCUT2D eigenvalue weighted by atomic mass is 127. The molecular weight excluding hydrogens is 327 g/mol. The Hall–Kier alpha value is -0.890. The molecule has 6 heteroatoms. The van der Waals surface area contributed by atoms with Crippen LogP contribution in [0.3, 0.4) is 0 Å². The van der Waals surface area contributed by atoms with Crippen LogP contribution >= 0.6 is 33.9 Å². The number of hydrogen-bond donors (Lipinski definition) is 1. The largest absolute Gasteiger partial charge is 0.477 e. The minimum Gasteiger partial charge on any atom is -0.477 e. The van der Waals surface area contributed by atoms with Gasteiger partial charge in [0.25, 0.3) is 0 Å². The van der Waals surface area contributed by atoms with Crippen molar-refractivity contribution in [2.24, 2.45) is 0 Å². The molecule has 0 bridgehead atoms. The van der Waals surface area contributed by atoms with Crippen LogP contribution in [0.15, 0.2) is 24.0 Å². The third kappa shape index (κ3) is 2.37. The average Bonchev–Trinajstić information content (AvgIpc) is 2.75. The van der Waals surface area contributed by atoms with Crippen molar-refractivity contribution in [1.82, 2.24) is 9.55 Å². The van der Waals surface area contributed by atoms with Gasteiger partial charge < -0.3 is 9.67 Å². The van der Waals surface area contributed by atoms with Crippen LogP contribution in [0, 0.1) is 3.57 Å². The monoisotopic (exact) mass is 334 g/mol. The van der Waals surface area contributed by atoms with Crippen LogP contribution in [-0.2, 0) is 6.54 Å². The van der Waals surface area contributed by atoms with Crippen molar-refractivity contribution in [3.05, 3.63) is 38.1 Å². The molecule has 0 aromatic carbocycles. The maximum Gasteiger partial charge on any atom is 0.352 e. The number of rotatable bonds is 3. The number of aromatic nitrogens is 2. The molecule has 0 amide bonds. The summed E-state index contributed by atoms with van der Waals surface area (Å²) in [5.74, 6) is -0.901. The summed E-state index contributed by atoms with van der Waals surface area (Å²) in [6.45, 7) is 0.565. The van der Waals surface area contributed by atoms with Crippen molar-refractivity contribution in [2.45, 2.75) is 6.54 Å². The standard InChI is InChI=1S/C9H7IN2O2S/c10-6-1-8(9(13)14)12(3-6)4-7-2-11-5-15-7/h1-3,5H,4H2,(H,13,14). The predicted octanol–water partition coefficient (Wildman–Crippen LogP) is 2.30. The molecule has 2 aromatic rings. The molecule has 0 spiro atoms. The van der Waals surface area contributed by atoms with Gasteiger partial charge in [-0.1, -0.05) is 0 Å². The molecule has 0 aliphatic heterocycles. The van der Waals surface area contributed by atoms with Gasteiger partial charge in [0.2, 0.25) is 0 Å². The Morgan fingerprint density at radius 1 is 1.67 bits per heavy atom. The van der Waals surface area contributed by atoms with Crippen LogP contribution in [0.25, 0.3) is 0 Å². The van der Waals surface area contributed by atoms with Crippen molar-refractivity contribution in [1.29, 1.82) is 0 Å². The summed E-state index contributed by atoms with van der Waals surface area (Å²) < 4.78 is 2.65. The molecular formula is C9H7IN2O2S. The van der Waals surface area contributed by atoms with Crippen molar-refractivity contribution in [2.75, 3.05) is 0 Å². The third-order valence-corrected chi connectivity index (χ3v) is 3.25. The quantitative estimate of drug-likeness (QED) is 0.877. The van der Waals surface area contributed by atoms with Gasteiger partial charge >= 0.3 is 5.97 Å². The number of halogens is 1. The molecule has 0 atom stereocenters. The Balaban J connectivity index is 2.31. The number of thiazole rings is 1. The van der Waals surface area contributed by atoms with Gasteiger partial charge in [0.1, 0.15) is 5.69 Å². The fourth-order valence-corrected chi connectivity index (χ4v) is 2.50. The fourth-order valence-electron chi connectivity index (χ4n) is 1.27. The van der Waals surface area contributed by atoms with E-state index in [1.807, 2.05) is 6.20 Å². The maximum atomic E-state index is 10.9. The van der Waals surface area contributed by atoms with Crippen LogP contribution in [0.4, 0.5) is 0 Å². The first-order valence-corrected chi connectivity index (χ1v) is 6.09. The molecule has 0 fully saturated rings. The van der Waals surface area contributed by atoms with Crippen molar-refractivity contribution in [3.8, 4) is 0 Å². The zero-order chi connectivity index (χ0) is 10.8. The lowest BCUT2D eigenvalue weighted by Gasteiger charge is -2.02. The Kier molecular flexibility index (Phi) is 3.06. The minimum absolute atomic E-state index is 0.313. The van der Waals surface area contributed by atoms with Gasteiger partial charge in [-0.05, 0) is 28.7 Å². The number of hydrogen-bond acceptors (Lipinski definition) is 3. The number of nitrogens with zero attached hydrogens (tertiary/aromatic N) is 2. The SMILES string of the molecule is O=C(O)c1cc(I)cn1Cc1cncs1. The molecule has 0 radical (unpaired) electrons. The van der Waals surface area contributed by atoms with Crippen molar-refractivity contribution >= 4 is 39.9 Å². The van der Waals surface area contributed by atoms with Crippen LogP contribution in [-0.4, -0.2) is 20.6 Å². The fraction of sp³-hybridized carbons (Fsp3) is 0.111. The molecule has 78 valence electrons. The molecule has 0 aliphatic rings. The summed E-state index contributed by atoms with van der Waals surface area (Å²) >= 11 is 3.62. The summed E-state index contributed by atoms with van der Waals surface area (Å²) in [7, 11) is 0.